The number of aliphatic hydroxyl groups excluding tert-OH is 1. The minimum absolute atomic E-state index is 0.0641. The zero-order valence-electron chi connectivity index (χ0n) is 11.4. The molecule has 0 aromatic carbocycles. The van der Waals surface area contributed by atoms with Crippen molar-refractivity contribution in [2.24, 2.45) is 5.92 Å². The highest BCUT2D eigenvalue weighted by atomic mass is 28.4. The lowest BCUT2D eigenvalue weighted by Gasteiger charge is -2.40. The fourth-order valence-electron chi connectivity index (χ4n) is 1.60. The molecule has 17 heavy (non-hydrogen) atoms. The Bertz CT molecular complexity index is 283. The topological polar surface area (TPSA) is 55.8 Å². The fraction of sp³-hybridized carbons (Fsp3) is 0.917. The van der Waals surface area contributed by atoms with Crippen molar-refractivity contribution < 1.29 is 19.1 Å². The first kappa shape index (κ1) is 14.7. The molecular formula is C12H24O4Si. The summed E-state index contributed by atoms with van der Waals surface area (Å²) in [7, 11) is -1.83. The van der Waals surface area contributed by atoms with Crippen molar-refractivity contribution in [2.75, 3.05) is 13.2 Å². The van der Waals surface area contributed by atoms with Crippen LogP contribution in [0.4, 0.5) is 0 Å². The molecule has 5 heteroatoms. The van der Waals surface area contributed by atoms with Gasteiger partial charge in [0.15, 0.2) is 8.32 Å². The van der Waals surface area contributed by atoms with Gasteiger partial charge in [-0.1, -0.05) is 20.8 Å². The molecule has 1 aliphatic rings. The van der Waals surface area contributed by atoms with E-state index in [-0.39, 0.29) is 23.7 Å². The molecule has 0 aliphatic carbocycles. The molecule has 0 aromatic heterocycles. The van der Waals surface area contributed by atoms with Crippen LogP contribution in [0.2, 0.25) is 18.1 Å². The SMILES string of the molecule is CC(C)(C)[Si](C)(C)O[C@H]1COC(=O)[C@H](CO)C1. The standard InChI is InChI=1S/C12H24O4Si/c1-12(2,3)17(4,5)16-10-6-9(7-13)11(14)15-8-10/h9-10,13H,6-8H2,1-5H3/t9-,10+/m0/s1. The van der Waals surface area contributed by atoms with Crippen LogP contribution in [0.5, 0.6) is 0 Å². The van der Waals surface area contributed by atoms with Crippen molar-refractivity contribution in [1.29, 1.82) is 0 Å². The van der Waals surface area contributed by atoms with Gasteiger partial charge in [-0.25, -0.2) is 0 Å². The lowest BCUT2D eigenvalue weighted by atomic mass is 10.0. The molecule has 100 valence electrons. The van der Waals surface area contributed by atoms with E-state index in [1.165, 1.54) is 0 Å². The first-order valence-electron chi connectivity index (χ1n) is 6.12. The van der Waals surface area contributed by atoms with E-state index in [2.05, 4.69) is 33.9 Å². The number of esters is 1. The third kappa shape index (κ3) is 3.53. The van der Waals surface area contributed by atoms with Crippen molar-refractivity contribution in [1.82, 2.24) is 0 Å². The zero-order chi connectivity index (χ0) is 13.3. The maximum Gasteiger partial charge on any atom is 0.311 e. The molecule has 0 unspecified atom stereocenters. The lowest BCUT2D eigenvalue weighted by Crippen LogP contribution is -2.48. The molecule has 1 fully saturated rings. The van der Waals surface area contributed by atoms with Gasteiger partial charge in [-0.05, 0) is 24.6 Å². The van der Waals surface area contributed by atoms with Gasteiger partial charge < -0.3 is 14.3 Å². The van der Waals surface area contributed by atoms with E-state index >= 15 is 0 Å². The van der Waals surface area contributed by atoms with Crippen LogP contribution in [0.3, 0.4) is 0 Å². The van der Waals surface area contributed by atoms with Gasteiger partial charge in [0, 0.05) is 0 Å². The number of ether oxygens (including phenoxy) is 1. The molecule has 1 aliphatic heterocycles. The van der Waals surface area contributed by atoms with Gasteiger partial charge in [0.05, 0.1) is 18.6 Å². The molecule has 0 radical (unpaired) electrons. The van der Waals surface area contributed by atoms with Crippen molar-refractivity contribution in [3.05, 3.63) is 0 Å². The average Bonchev–Trinajstić information content (AvgIpc) is 2.19. The quantitative estimate of drug-likeness (QED) is 0.622. The van der Waals surface area contributed by atoms with E-state index in [0.29, 0.717) is 13.0 Å². The van der Waals surface area contributed by atoms with Crippen LogP contribution in [-0.4, -0.2) is 38.7 Å². The summed E-state index contributed by atoms with van der Waals surface area (Å²) in [5, 5.41) is 9.23. The van der Waals surface area contributed by atoms with Gasteiger partial charge in [-0.3, -0.25) is 4.79 Å². The Morgan fingerprint density at radius 3 is 2.53 bits per heavy atom. The lowest BCUT2D eigenvalue weighted by molar-refractivity contribution is -0.161. The summed E-state index contributed by atoms with van der Waals surface area (Å²) in [6.07, 6.45) is 0.507. The van der Waals surface area contributed by atoms with Gasteiger partial charge in [0.2, 0.25) is 0 Å². The molecular weight excluding hydrogens is 236 g/mol. The van der Waals surface area contributed by atoms with Crippen molar-refractivity contribution in [3.8, 4) is 0 Å². The van der Waals surface area contributed by atoms with E-state index < -0.39 is 14.2 Å². The summed E-state index contributed by atoms with van der Waals surface area (Å²) in [6.45, 7) is 11.1. The highest BCUT2D eigenvalue weighted by molar-refractivity contribution is 6.74. The van der Waals surface area contributed by atoms with Crippen LogP contribution in [0.1, 0.15) is 27.2 Å². The Balaban J connectivity index is 2.62. The Labute approximate surface area is 104 Å². The zero-order valence-corrected chi connectivity index (χ0v) is 12.4. The van der Waals surface area contributed by atoms with Gasteiger partial charge in [0.1, 0.15) is 6.61 Å². The molecule has 0 aromatic rings. The van der Waals surface area contributed by atoms with Crippen LogP contribution in [0, 0.1) is 5.92 Å². The molecule has 4 nitrogen and oxygen atoms in total. The monoisotopic (exact) mass is 260 g/mol. The molecule has 0 spiro atoms. The van der Waals surface area contributed by atoms with E-state index in [4.69, 9.17) is 14.3 Å². The highest BCUT2D eigenvalue weighted by Gasteiger charge is 2.41. The molecule has 0 saturated carbocycles. The van der Waals surface area contributed by atoms with Crippen LogP contribution < -0.4 is 0 Å². The van der Waals surface area contributed by atoms with Gasteiger partial charge in [-0.15, -0.1) is 0 Å². The Morgan fingerprint density at radius 1 is 1.47 bits per heavy atom. The summed E-state index contributed by atoms with van der Waals surface area (Å²) in [6, 6.07) is 0. The van der Waals surface area contributed by atoms with E-state index in [9.17, 15) is 4.79 Å². The van der Waals surface area contributed by atoms with E-state index in [1.807, 2.05) is 0 Å². The van der Waals surface area contributed by atoms with Crippen molar-refractivity contribution in [2.45, 2.75) is 51.4 Å². The predicted octanol–water partition coefficient (Wildman–Crippen LogP) is 1.93. The summed E-state index contributed by atoms with van der Waals surface area (Å²) in [4.78, 5) is 11.3. The second-order valence-corrected chi connectivity index (χ2v) is 11.0. The summed E-state index contributed by atoms with van der Waals surface area (Å²) < 4.78 is 11.2. The normalized spacial score (nSPS) is 26.8. The van der Waals surface area contributed by atoms with E-state index in [1.54, 1.807) is 0 Å². The molecule has 0 bridgehead atoms. The smallest absolute Gasteiger partial charge is 0.311 e. The Morgan fingerprint density at radius 2 is 2.06 bits per heavy atom. The molecule has 0 amide bonds. The molecule has 1 saturated heterocycles. The van der Waals surface area contributed by atoms with Crippen LogP contribution in [-0.2, 0) is 14.0 Å². The number of carbonyl (C=O) groups is 1. The number of aliphatic hydroxyl groups is 1. The first-order chi connectivity index (χ1) is 7.67. The summed E-state index contributed by atoms with van der Waals surface area (Å²) >= 11 is 0. The van der Waals surface area contributed by atoms with Gasteiger partial charge in [-0.2, -0.15) is 0 Å². The van der Waals surface area contributed by atoms with E-state index in [0.717, 1.165) is 0 Å². The minimum Gasteiger partial charge on any atom is -0.463 e. The van der Waals surface area contributed by atoms with Crippen LogP contribution in [0.25, 0.3) is 0 Å². The maximum atomic E-state index is 11.3. The number of rotatable bonds is 3. The number of hydrogen-bond donors (Lipinski definition) is 1. The highest BCUT2D eigenvalue weighted by Crippen LogP contribution is 2.38. The molecule has 1 rings (SSSR count). The third-order valence-electron chi connectivity index (χ3n) is 3.78. The van der Waals surface area contributed by atoms with Crippen LogP contribution in [0.15, 0.2) is 0 Å². The molecule has 2 atom stereocenters. The fourth-order valence-corrected chi connectivity index (χ4v) is 2.95. The second-order valence-electron chi connectivity index (χ2n) is 6.25. The van der Waals surface area contributed by atoms with Crippen molar-refractivity contribution in [3.63, 3.8) is 0 Å². The predicted molar refractivity (Wildman–Crippen MR) is 68.2 cm³/mol. The average molecular weight is 260 g/mol. The van der Waals surface area contributed by atoms with Crippen molar-refractivity contribution >= 4 is 14.3 Å². The molecule has 1 heterocycles. The first-order valence-corrected chi connectivity index (χ1v) is 9.03. The van der Waals surface area contributed by atoms with Gasteiger partial charge in [0.25, 0.3) is 0 Å². The maximum absolute atomic E-state index is 11.3. The number of carbonyl (C=O) groups excluding carboxylic acids is 1. The Kier molecular flexibility index (Phi) is 4.38. The Hall–Kier alpha value is -0.393. The summed E-state index contributed by atoms with van der Waals surface area (Å²) in [5.74, 6) is -0.721. The minimum atomic E-state index is -1.83. The van der Waals surface area contributed by atoms with Gasteiger partial charge >= 0.3 is 5.97 Å². The second kappa shape index (κ2) is 5.08. The summed E-state index contributed by atoms with van der Waals surface area (Å²) in [5.41, 5.74) is 0. The number of cyclic esters (lactones) is 1. The van der Waals surface area contributed by atoms with Crippen LogP contribution >= 0.6 is 0 Å². The largest absolute Gasteiger partial charge is 0.463 e. The number of hydrogen-bond acceptors (Lipinski definition) is 4. The molecule has 1 N–H and O–H groups in total. The third-order valence-corrected chi connectivity index (χ3v) is 8.32.